The van der Waals surface area contributed by atoms with Gasteiger partial charge in [0.25, 0.3) is 0 Å². The molecule has 2 aromatic rings. The van der Waals surface area contributed by atoms with Gasteiger partial charge in [0.1, 0.15) is 6.29 Å². The molecule has 0 atom stereocenters. The van der Waals surface area contributed by atoms with Crippen LogP contribution in [0.25, 0.3) is 10.9 Å². The molecule has 1 aromatic heterocycles. The Kier molecular flexibility index (Phi) is 1.89. The zero-order valence-electron chi connectivity index (χ0n) is 7.53. The Hall–Kier alpha value is -1.57. The molecule has 2 heteroatoms. The number of para-hydroxylation sites is 1. The monoisotopic (exact) mass is 173 g/mol. The summed E-state index contributed by atoms with van der Waals surface area (Å²) in [4.78, 5) is 10.4. The number of fused-ring (bicyclic) bond motifs is 1. The number of carbonyl (C=O) groups excluding carboxylic acids is 1. The minimum absolute atomic E-state index is 0.444. The average Bonchev–Trinajstić information content (AvgIpc) is 2.44. The summed E-state index contributed by atoms with van der Waals surface area (Å²) in [6, 6.07) is 10.2. The summed E-state index contributed by atoms with van der Waals surface area (Å²) in [5.74, 6) is 0. The van der Waals surface area contributed by atoms with Crippen molar-refractivity contribution in [3.63, 3.8) is 0 Å². The van der Waals surface area contributed by atoms with Crippen molar-refractivity contribution >= 4 is 17.2 Å². The standard InChI is InChI=1S/C11H11NO/c1-9-8-10-4-2-3-5-11(10)12(9)6-7-13/h2-5,7-8H,6H2,1H3. The first-order valence-corrected chi connectivity index (χ1v) is 4.31. The predicted molar refractivity (Wildman–Crippen MR) is 52.7 cm³/mol. The zero-order valence-corrected chi connectivity index (χ0v) is 7.53. The number of carbonyl (C=O) groups is 1. The quantitative estimate of drug-likeness (QED) is 0.638. The van der Waals surface area contributed by atoms with Gasteiger partial charge in [-0.25, -0.2) is 0 Å². The molecule has 1 aromatic carbocycles. The average molecular weight is 173 g/mol. The van der Waals surface area contributed by atoms with E-state index in [1.54, 1.807) is 0 Å². The lowest BCUT2D eigenvalue weighted by Gasteiger charge is -2.01. The predicted octanol–water partition coefficient (Wildman–Crippen LogP) is 2.15. The minimum Gasteiger partial charge on any atom is -0.338 e. The van der Waals surface area contributed by atoms with Gasteiger partial charge in [-0.15, -0.1) is 0 Å². The maximum Gasteiger partial charge on any atom is 0.139 e. The molecule has 1 heterocycles. The Morgan fingerprint density at radius 1 is 1.38 bits per heavy atom. The maximum atomic E-state index is 10.4. The maximum absolute atomic E-state index is 10.4. The third kappa shape index (κ3) is 1.24. The van der Waals surface area contributed by atoms with E-state index in [4.69, 9.17) is 0 Å². The Bertz CT molecular complexity index is 442. The first kappa shape index (κ1) is 8.05. The minimum atomic E-state index is 0.444. The first-order valence-electron chi connectivity index (χ1n) is 4.31. The van der Waals surface area contributed by atoms with E-state index in [0.29, 0.717) is 6.54 Å². The van der Waals surface area contributed by atoms with Crippen LogP contribution in [0.15, 0.2) is 30.3 Å². The fourth-order valence-electron chi connectivity index (χ4n) is 1.67. The number of hydrogen-bond acceptors (Lipinski definition) is 1. The summed E-state index contributed by atoms with van der Waals surface area (Å²) in [7, 11) is 0. The van der Waals surface area contributed by atoms with Crippen LogP contribution < -0.4 is 0 Å². The smallest absolute Gasteiger partial charge is 0.139 e. The Labute approximate surface area is 76.8 Å². The van der Waals surface area contributed by atoms with Gasteiger partial charge >= 0.3 is 0 Å². The van der Waals surface area contributed by atoms with Crippen molar-refractivity contribution in [3.8, 4) is 0 Å². The highest BCUT2D eigenvalue weighted by atomic mass is 16.1. The second-order valence-electron chi connectivity index (χ2n) is 3.12. The molecular formula is C11H11NO. The molecule has 13 heavy (non-hydrogen) atoms. The molecule has 0 saturated heterocycles. The molecule has 0 unspecified atom stereocenters. The van der Waals surface area contributed by atoms with E-state index in [2.05, 4.69) is 12.1 Å². The van der Waals surface area contributed by atoms with Gasteiger partial charge < -0.3 is 9.36 Å². The van der Waals surface area contributed by atoms with Crippen molar-refractivity contribution in [2.75, 3.05) is 0 Å². The fourth-order valence-corrected chi connectivity index (χ4v) is 1.67. The van der Waals surface area contributed by atoms with Gasteiger partial charge in [0.05, 0.1) is 6.54 Å². The summed E-state index contributed by atoms with van der Waals surface area (Å²) < 4.78 is 2.02. The van der Waals surface area contributed by atoms with Crippen LogP contribution in [0.4, 0.5) is 0 Å². The van der Waals surface area contributed by atoms with Gasteiger partial charge in [0.15, 0.2) is 0 Å². The van der Waals surface area contributed by atoms with E-state index >= 15 is 0 Å². The van der Waals surface area contributed by atoms with Crippen LogP contribution in [0, 0.1) is 6.92 Å². The molecule has 0 aliphatic carbocycles. The number of aryl methyl sites for hydroxylation is 1. The van der Waals surface area contributed by atoms with Crippen molar-refractivity contribution in [2.24, 2.45) is 0 Å². The summed E-state index contributed by atoms with van der Waals surface area (Å²) in [6.45, 7) is 2.46. The van der Waals surface area contributed by atoms with Gasteiger partial charge in [0, 0.05) is 11.2 Å². The Morgan fingerprint density at radius 2 is 2.15 bits per heavy atom. The number of hydrogen-bond donors (Lipinski definition) is 0. The lowest BCUT2D eigenvalue weighted by atomic mass is 10.2. The molecular weight excluding hydrogens is 162 g/mol. The highest BCUT2D eigenvalue weighted by molar-refractivity contribution is 5.81. The van der Waals surface area contributed by atoms with E-state index in [1.165, 1.54) is 5.39 Å². The number of aldehydes is 1. The second-order valence-corrected chi connectivity index (χ2v) is 3.12. The highest BCUT2D eigenvalue weighted by Crippen LogP contribution is 2.18. The van der Waals surface area contributed by atoms with Crippen molar-refractivity contribution in [1.29, 1.82) is 0 Å². The Balaban J connectivity index is 2.70. The highest BCUT2D eigenvalue weighted by Gasteiger charge is 2.02. The topological polar surface area (TPSA) is 22.0 Å². The van der Waals surface area contributed by atoms with Gasteiger partial charge in [-0.3, -0.25) is 0 Å². The van der Waals surface area contributed by atoms with E-state index in [1.807, 2.05) is 29.7 Å². The second kappa shape index (κ2) is 3.05. The third-order valence-corrected chi connectivity index (χ3v) is 2.27. The van der Waals surface area contributed by atoms with Gasteiger partial charge in [-0.2, -0.15) is 0 Å². The van der Waals surface area contributed by atoms with E-state index < -0.39 is 0 Å². The van der Waals surface area contributed by atoms with Gasteiger partial charge in [-0.05, 0) is 24.4 Å². The normalized spacial score (nSPS) is 10.5. The number of aromatic nitrogens is 1. The number of rotatable bonds is 2. The van der Waals surface area contributed by atoms with E-state index in [9.17, 15) is 4.79 Å². The van der Waals surface area contributed by atoms with E-state index in [0.717, 1.165) is 17.5 Å². The SMILES string of the molecule is Cc1cc2ccccc2n1CC=O. The molecule has 2 rings (SSSR count). The van der Waals surface area contributed by atoms with Crippen molar-refractivity contribution in [2.45, 2.75) is 13.5 Å². The molecule has 0 saturated carbocycles. The molecule has 0 radical (unpaired) electrons. The van der Waals surface area contributed by atoms with Crippen LogP contribution in [0.2, 0.25) is 0 Å². The molecule has 0 N–H and O–H groups in total. The van der Waals surface area contributed by atoms with Crippen LogP contribution in [0.3, 0.4) is 0 Å². The lowest BCUT2D eigenvalue weighted by Crippen LogP contribution is -1.99. The summed E-state index contributed by atoms with van der Waals surface area (Å²) in [5.41, 5.74) is 2.26. The third-order valence-electron chi connectivity index (χ3n) is 2.27. The van der Waals surface area contributed by atoms with Crippen LogP contribution >= 0.6 is 0 Å². The van der Waals surface area contributed by atoms with Gasteiger partial charge in [-0.1, -0.05) is 18.2 Å². The first-order chi connectivity index (χ1) is 6.33. The summed E-state index contributed by atoms with van der Waals surface area (Å²) >= 11 is 0. The molecule has 2 nitrogen and oxygen atoms in total. The summed E-state index contributed by atoms with van der Waals surface area (Å²) in [6.07, 6.45) is 0.930. The molecule has 0 amide bonds. The molecule has 0 fully saturated rings. The summed E-state index contributed by atoms with van der Waals surface area (Å²) in [5, 5.41) is 1.20. The number of benzene rings is 1. The van der Waals surface area contributed by atoms with Crippen molar-refractivity contribution in [3.05, 3.63) is 36.0 Å². The molecule has 0 aliphatic heterocycles. The fraction of sp³-hybridized carbons (Fsp3) is 0.182. The zero-order chi connectivity index (χ0) is 9.26. The molecule has 0 bridgehead atoms. The van der Waals surface area contributed by atoms with Crippen molar-refractivity contribution in [1.82, 2.24) is 4.57 Å². The van der Waals surface area contributed by atoms with Crippen LogP contribution in [-0.4, -0.2) is 10.9 Å². The van der Waals surface area contributed by atoms with Crippen LogP contribution in [-0.2, 0) is 11.3 Å². The molecule has 0 aliphatic rings. The largest absolute Gasteiger partial charge is 0.338 e. The molecule has 0 spiro atoms. The number of nitrogens with zero attached hydrogens (tertiary/aromatic N) is 1. The van der Waals surface area contributed by atoms with Crippen LogP contribution in [0.5, 0.6) is 0 Å². The Morgan fingerprint density at radius 3 is 2.92 bits per heavy atom. The molecule has 66 valence electrons. The van der Waals surface area contributed by atoms with Crippen LogP contribution in [0.1, 0.15) is 5.69 Å². The van der Waals surface area contributed by atoms with E-state index in [-0.39, 0.29) is 0 Å². The van der Waals surface area contributed by atoms with Crippen molar-refractivity contribution < 1.29 is 4.79 Å². The lowest BCUT2D eigenvalue weighted by molar-refractivity contribution is -0.108. The van der Waals surface area contributed by atoms with Gasteiger partial charge in [0.2, 0.25) is 0 Å².